The second-order valence-corrected chi connectivity index (χ2v) is 9.03. The third kappa shape index (κ3) is 8.70. The molecule has 2 fully saturated rings. The molecule has 1 saturated carbocycles. The number of nitrogens with zero attached hydrogens (tertiary/aromatic N) is 5. The number of fused-ring (bicyclic) bond motifs is 1. The minimum atomic E-state index is 0.0811. The molecule has 1 aromatic rings. The van der Waals surface area contributed by atoms with Crippen LogP contribution < -0.4 is 4.90 Å². The van der Waals surface area contributed by atoms with Crippen molar-refractivity contribution in [2.45, 2.75) is 79.2 Å². The Morgan fingerprint density at radius 2 is 1.73 bits per heavy atom. The van der Waals surface area contributed by atoms with Gasteiger partial charge in [-0.1, -0.05) is 52.3 Å². The minimum Gasteiger partial charge on any atom is -0.505 e. The number of anilines is 1. The smallest absolute Gasteiger partial charge is 0.253 e. The van der Waals surface area contributed by atoms with Crippen molar-refractivity contribution in [1.29, 1.82) is 0 Å². The Balaban J connectivity index is 0.00000115. The molecule has 0 atom stereocenters. The van der Waals surface area contributed by atoms with E-state index in [0.717, 1.165) is 68.7 Å². The molecule has 3 aliphatic rings. The van der Waals surface area contributed by atoms with Crippen molar-refractivity contribution < 1.29 is 9.53 Å². The van der Waals surface area contributed by atoms with Crippen LogP contribution in [0.25, 0.3) is 0 Å². The van der Waals surface area contributed by atoms with Crippen LogP contribution >= 0.6 is 0 Å². The lowest BCUT2D eigenvalue weighted by Crippen LogP contribution is -2.52. The maximum atomic E-state index is 13.1. The largest absolute Gasteiger partial charge is 0.505 e. The van der Waals surface area contributed by atoms with Gasteiger partial charge < -0.3 is 14.5 Å². The summed E-state index contributed by atoms with van der Waals surface area (Å²) in [5.74, 6) is 0.931. The van der Waals surface area contributed by atoms with E-state index < -0.39 is 0 Å². The maximum absolute atomic E-state index is 13.1. The maximum Gasteiger partial charge on any atom is 0.253 e. The quantitative estimate of drug-likeness (QED) is 0.285. The highest BCUT2D eigenvalue weighted by Gasteiger charge is 2.29. The summed E-state index contributed by atoms with van der Waals surface area (Å²) < 4.78 is 4.91. The van der Waals surface area contributed by atoms with E-state index in [1.807, 2.05) is 70.0 Å². The van der Waals surface area contributed by atoms with Gasteiger partial charge >= 0.3 is 0 Å². The minimum absolute atomic E-state index is 0.0811. The van der Waals surface area contributed by atoms with Gasteiger partial charge in [-0.3, -0.25) is 9.69 Å². The standard InChI is InChI=1S/C26H37N5O2.2C2H6/c1-3-21(8-5-4-6-19-33-2)25(32)30-13-11-22-20-27-26(28-24(22)12-14-30)31-17-15-29(16-18-31)23-9-7-10-23;2*1-2/h3,5-6,8,19-20,23H,4,7,9-18H2,1-2H3;2*1-2H3/b8-5-,19-6+,21-3+;;. The Labute approximate surface area is 225 Å². The summed E-state index contributed by atoms with van der Waals surface area (Å²) in [5.41, 5.74) is 2.99. The van der Waals surface area contributed by atoms with Gasteiger partial charge in [-0.15, -0.1) is 0 Å². The molecule has 7 heteroatoms. The molecule has 4 rings (SSSR count). The van der Waals surface area contributed by atoms with Gasteiger partial charge in [0.25, 0.3) is 5.91 Å². The molecule has 1 aromatic heterocycles. The number of carbonyl (C=O) groups is 1. The number of carbonyl (C=O) groups excluding carboxylic acids is 1. The van der Waals surface area contributed by atoms with E-state index in [0.29, 0.717) is 13.1 Å². The molecular formula is C30H49N5O2. The highest BCUT2D eigenvalue weighted by molar-refractivity contribution is 5.96. The number of rotatable bonds is 7. The predicted molar refractivity (Wildman–Crippen MR) is 154 cm³/mol. The predicted octanol–water partition coefficient (Wildman–Crippen LogP) is 5.18. The summed E-state index contributed by atoms with van der Waals surface area (Å²) in [6, 6.07) is 0.808. The van der Waals surface area contributed by atoms with E-state index >= 15 is 0 Å². The van der Waals surface area contributed by atoms with Crippen molar-refractivity contribution in [1.82, 2.24) is 19.8 Å². The van der Waals surface area contributed by atoms with Gasteiger partial charge in [-0.25, -0.2) is 9.97 Å². The fourth-order valence-electron chi connectivity index (χ4n) is 4.76. The lowest BCUT2D eigenvalue weighted by Gasteiger charge is -2.43. The average Bonchev–Trinajstić information content (AvgIpc) is 3.14. The normalized spacial score (nSPS) is 18.8. The lowest BCUT2D eigenvalue weighted by molar-refractivity contribution is -0.126. The van der Waals surface area contributed by atoms with Gasteiger partial charge in [0.1, 0.15) is 0 Å². The van der Waals surface area contributed by atoms with Gasteiger partial charge in [-0.2, -0.15) is 0 Å². The monoisotopic (exact) mass is 511 g/mol. The van der Waals surface area contributed by atoms with E-state index in [9.17, 15) is 4.79 Å². The molecule has 0 aromatic carbocycles. The molecule has 206 valence electrons. The van der Waals surface area contributed by atoms with E-state index in [2.05, 4.69) is 9.80 Å². The summed E-state index contributed by atoms with van der Waals surface area (Å²) in [6.07, 6.45) is 17.7. The third-order valence-corrected chi connectivity index (χ3v) is 7.05. The van der Waals surface area contributed by atoms with Crippen LogP contribution in [0.15, 0.2) is 42.3 Å². The van der Waals surface area contributed by atoms with Crippen molar-refractivity contribution >= 4 is 11.9 Å². The molecule has 1 saturated heterocycles. The first-order valence-corrected chi connectivity index (χ1v) is 14.3. The van der Waals surface area contributed by atoms with Crippen molar-refractivity contribution in [3.05, 3.63) is 53.6 Å². The first kappa shape index (κ1) is 30.6. The Morgan fingerprint density at radius 3 is 2.35 bits per heavy atom. The van der Waals surface area contributed by atoms with Crippen molar-refractivity contribution in [3.63, 3.8) is 0 Å². The van der Waals surface area contributed by atoms with Crippen LogP contribution in [0.5, 0.6) is 0 Å². The Bertz CT molecular complexity index is 899. The van der Waals surface area contributed by atoms with Crippen molar-refractivity contribution in [2.24, 2.45) is 0 Å². The first-order chi connectivity index (χ1) is 18.2. The SMILES string of the molecule is C/C=C(\C=C/C/C=C/OC)C(=O)N1CCc2cnc(N3CCN(C4CCC4)CC3)nc2CC1.CC.CC. The lowest BCUT2D eigenvalue weighted by atomic mass is 9.91. The van der Waals surface area contributed by atoms with Crippen LogP contribution in [-0.2, 0) is 22.4 Å². The molecule has 0 unspecified atom stereocenters. The summed E-state index contributed by atoms with van der Waals surface area (Å²) in [4.78, 5) is 29.7. The second kappa shape index (κ2) is 17.0. The van der Waals surface area contributed by atoms with E-state index in [-0.39, 0.29) is 5.91 Å². The number of hydrogen-bond acceptors (Lipinski definition) is 6. The number of allylic oxidation sites excluding steroid dienone is 3. The Morgan fingerprint density at radius 1 is 1.03 bits per heavy atom. The highest BCUT2D eigenvalue weighted by Crippen LogP contribution is 2.26. The molecule has 0 bridgehead atoms. The summed E-state index contributed by atoms with van der Waals surface area (Å²) in [5, 5.41) is 0. The molecule has 1 amide bonds. The zero-order valence-corrected chi connectivity index (χ0v) is 24.1. The van der Waals surface area contributed by atoms with Gasteiger partial charge in [0.15, 0.2) is 0 Å². The van der Waals surface area contributed by atoms with Crippen LogP contribution in [0.3, 0.4) is 0 Å². The fourth-order valence-corrected chi connectivity index (χ4v) is 4.76. The molecule has 0 N–H and O–H groups in total. The van der Waals surface area contributed by atoms with Gasteiger partial charge in [0.2, 0.25) is 5.95 Å². The van der Waals surface area contributed by atoms with Gasteiger partial charge in [0.05, 0.1) is 19.1 Å². The van der Waals surface area contributed by atoms with Crippen molar-refractivity contribution in [3.8, 4) is 0 Å². The Hall–Kier alpha value is -2.67. The number of piperazine rings is 1. The van der Waals surface area contributed by atoms with E-state index in [1.165, 1.54) is 24.8 Å². The number of ether oxygens (including phenoxy) is 1. The summed E-state index contributed by atoms with van der Waals surface area (Å²) in [6.45, 7) is 15.5. The van der Waals surface area contributed by atoms with Crippen LogP contribution in [0.4, 0.5) is 5.95 Å². The van der Waals surface area contributed by atoms with Crippen LogP contribution in [0, 0.1) is 0 Å². The fraction of sp³-hybridized carbons (Fsp3) is 0.633. The molecule has 7 nitrogen and oxygen atoms in total. The molecule has 3 heterocycles. The molecular weight excluding hydrogens is 462 g/mol. The number of methoxy groups -OCH3 is 1. The number of hydrogen-bond donors (Lipinski definition) is 0. The van der Waals surface area contributed by atoms with Gasteiger partial charge in [-0.05, 0) is 44.2 Å². The highest BCUT2D eigenvalue weighted by atomic mass is 16.5. The zero-order chi connectivity index (χ0) is 27.0. The average molecular weight is 512 g/mol. The first-order valence-electron chi connectivity index (χ1n) is 14.3. The third-order valence-electron chi connectivity index (χ3n) is 7.05. The van der Waals surface area contributed by atoms with Gasteiger partial charge in [0, 0.05) is 63.5 Å². The molecule has 0 radical (unpaired) electrons. The summed E-state index contributed by atoms with van der Waals surface area (Å²) >= 11 is 0. The van der Waals surface area contributed by atoms with Crippen molar-refractivity contribution in [2.75, 3.05) is 51.3 Å². The Kier molecular flexibility index (Phi) is 14.0. The molecule has 2 aliphatic heterocycles. The number of amides is 1. The van der Waals surface area contributed by atoms with Crippen LogP contribution in [0.1, 0.15) is 71.6 Å². The van der Waals surface area contributed by atoms with Crippen LogP contribution in [-0.4, -0.2) is 78.1 Å². The van der Waals surface area contributed by atoms with Crippen LogP contribution in [0.2, 0.25) is 0 Å². The molecule has 1 aliphatic carbocycles. The van der Waals surface area contributed by atoms with E-state index in [4.69, 9.17) is 14.7 Å². The number of aromatic nitrogens is 2. The molecule has 37 heavy (non-hydrogen) atoms. The van der Waals surface area contributed by atoms with E-state index in [1.54, 1.807) is 13.4 Å². The zero-order valence-electron chi connectivity index (χ0n) is 24.1. The summed E-state index contributed by atoms with van der Waals surface area (Å²) in [7, 11) is 1.63. The molecule has 0 spiro atoms. The second-order valence-electron chi connectivity index (χ2n) is 9.03. The topological polar surface area (TPSA) is 61.8 Å².